The summed E-state index contributed by atoms with van der Waals surface area (Å²) in [6.07, 6.45) is 3.30. The van der Waals surface area contributed by atoms with Crippen LogP contribution >= 0.6 is 0 Å². The van der Waals surface area contributed by atoms with E-state index in [1.165, 1.54) is 6.20 Å². The number of hydrogen-bond acceptors (Lipinski definition) is 3. The Morgan fingerprint density at radius 1 is 1.38 bits per heavy atom. The molecule has 2 heterocycles. The second-order valence-corrected chi connectivity index (χ2v) is 4.77. The molecule has 0 bridgehead atoms. The van der Waals surface area contributed by atoms with Gasteiger partial charge in [-0.2, -0.15) is 5.10 Å². The first-order chi connectivity index (χ1) is 10.1. The van der Waals surface area contributed by atoms with Crippen LogP contribution in [0.1, 0.15) is 16.1 Å². The number of hydrogen-bond donors (Lipinski definition) is 1. The van der Waals surface area contributed by atoms with Crippen molar-refractivity contribution in [3.63, 3.8) is 0 Å². The lowest BCUT2D eigenvalue weighted by Crippen LogP contribution is -2.09. The Balaban J connectivity index is 2.07. The van der Waals surface area contributed by atoms with Crippen LogP contribution in [0.25, 0.3) is 10.9 Å². The Hall–Kier alpha value is -2.76. The fraction of sp³-hybridized carbons (Fsp3) is 0.200. The molecule has 0 atom stereocenters. The number of benzene rings is 1. The van der Waals surface area contributed by atoms with Crippen molar-refractivity contribution < 1.29 is 14.6 Å². The molecule has 6 nitrogen and oxygen atoms in total. The summed E-state index contributed by atoms with van der Waals surface area (Å²) in [4.78, 5) is 11.2. The van der Waals surface area contributed by atoms with Crippen LogP contribution in [-0.2, 0) is 13.6 Å². The molecule has 0 saturated carbocycles. The molecule has 6 heteroatoms. The molecule has 3 aromatic rings. The second kappa shape index (κ2) is 4.97. The van der Waals surface area contributed by atoms with Gasteiger partial charge < -0.3 is 14.4 Å². The van der Waals surface area contributed by atoms with Crippen molar-refractivity contribution in [3.05, 3.63) is 47.9 Å². The van der Waals surface area contributed by atoms with Crippen molar-refractivity contribution in [2.45, 2.75) is 6.54 Å². The number of methoxy groups -OCH3 is 1. The summed E-state index contributed by atoms with van der Waals surface area (Å²) >= 11 is 0. The van der Waals surface area contributed by atoms with Gasteiger partial charge in [0.2, 0.25) is 0 Å². The average molecular weight is 285 g/mol. The number of aromatic nitrogens is 3. The van der Waals surface area contributed by atoms with Gasteiger partial charge in [0.25, 0.3) is 0 Å². The number of nitrogens with zero attached hydrogens (tertiary/aromatic N) is 3. The van der Waals surface area contributed by atoms with Gasteiger partial charge in [-0.05, 0) is 18.2 Å². The molecule has 3 rings (SSSR count). The normalized spacial score (nSPS) is 11.0. The van der Waals surface area contributed by atoms with Crippen LogP contribution in [0, 0.1) is 0 Å². The van der Waals surface area contributed by atoms with Crippen LogP contribution in [-0.4, -0.2) is 32.5 Å². The van der Waals surface area contributed by atoms with Gasteiger partial charge in [0.05, 0.1) is 31.1 Å². The first-order valence-corrected chi connectivity index (χ1v) is 6.48. The summed E-state index contributed by atoms with van der Waals surface area (Å²) in [6.45, 7) is 0.439. The van der Waals surface area contributed by atoms with Gasteiger partial charge in [0.15, 0.2) is 0 Å². The van der Waals surface area contributed by atoms with E-state index >= 15 is 0 Å². The Bertz CT molecular complexity index is 817. The third-order valence-corrected chi connectivity index (χ3v) is 3.61. The molecule has 0 unspecified atom stereocenters. The smallest absolute Gasteiger partial charge is 0.339 e. The summed E-state index contributed by atoms with van der Waals surface area (Å²) in [5.41, 5.74) is 1.87. The molecule has 0 aliphatic heterocycles. The molecule has 0 saturated heterocycles. The monoisotopic (exact) mass is 285 g/mol. The van der Waals surface area contributed by atoms with E-state index in [9.17, 15) is 9.90 Å². The number of fused-ring (bicyclic) bond motifs is 1. The molecule has 0 fully saturated rings. The van der Waals surface area contributed by atoms with Gasteiger partial charge in [-0.15, -0.1) is 0 Å². The summed E-state index contributed by atoms with van der Waals surface area (Å²) < 4.78 is 8.92. The van der Waals surface area contributed by atoms with E-state index in [1.807, 2.05) is 35.0 Å². The number of ether oxygens (including phenoxy) is 1. The highest BCUT2D eigenvalue weighted by molar-refractivity contribution is 5.89. The molecular formula is C15H15N3O3. The first-order valence-electron chi connectivity index (χ1n) is 6.48. The third-order valence-electron chi connectivity index (χ3n) is 3.61. The van der Waals surface area contributed by atoms with Crippen LogP contribution in [0.5, 0.6) is 5.75 Å². The van der Waals surface area contributed by atoms with Gasteiger partial charge in [-0.3, -0.25) is 4.68 Å². The van der Waals surface area contributed by atoms with Crippen LogP contribution in [0.4, 0.5) is 0 Å². The highest BCUT2D eigenvalue weighted by Crippen LogP contribution is 2.27. The Morgan fingerprint density at radius 3 is 2.90 bits per heavy atom. The van der Waals surface area contributed by atoms with Crippen molar-refractivity contribution in [2.75, 3.05) is 7.11 Å². The molecular weight excluding hydrogens is 270 g/mol. The van der Waals surface area contributed by atoms with Gasteiger partial charge >= 0.3 is 5.97 Å². The Labute approximate surface area is 121 Å². The first kappa shape index (κ1) is 13.2. The van der Waals surface area contributed by atoms with Crippen LogP contribution in [0.2, 0.25) is 0 Å². The second-order valence-electron chi connectivity index (χ2n) is 4.77. The van der Waals surface area contributed by atoms with Crippen molar-refractivity contribution in [1.29, 1.82) is 0 Å². The number of rotatable bonds is 4. The molecule has 108 valence electrons. The molecule has 0 aliphatic carbocycles. The maximum absolute atomic E-state index is 11.2. The Kier molecular flexibility index (Phi) is 3.13. The molecule has 1 N–H and O–H groups in total. The van der Waals surface area contributed by atoms with E-state index in [-0.39, 0.29) is 5.56 Å². The quantitative estimate of drug-likeness (QED) is 0.797. The molecule has 0 amide bonds. The molecule has 21 heavy (non-hydrogen) atoms. The van der Waals surface area contributed by atoms with Crippen LogP contribution in [0.3, 0.4) is 0 Å². The summed E-state index contributed by atoms with van der Waals surface area (Å²) in [5, 5.41) is 14.2. The van der Waals surface area contributed by atoms with E-state index in [2.05, 4.69) is 5.10 Å². The molecule has 1 aromatic carbocycles. The van der Waals surface area contributed by atoms with Crippen molar-refractivity contribution in [2.24, 2.45) is 7.05 Å². The van der Waals surface area contributed by atoms with E-state index in [0.717, 1.165) is 16.7 Å². The highest BCUT2D eigenvalue weighted by Gasteiger charge is 2.16. The van der Waals surface area contributed by atoms with Crippen LogP contribution in [0.15, 0.2) is 36.7 Å². The topological polar surface area (TPSA) is 69.3 Å². The molecule has 0 aliphatic rings. The predicted octanol–water partition coefficient (Wildman–Crippen LogP) is 2.13. The predicted molar refractivity (Wildman–Crippen MR) is 77.8 cm³/mol. The molecule has 0 radical (unpaired) electrons. The number of aryl methyl sites for hydroxylation is 1. The lowest BCUT2D eigenvalue weighted by Gasteiger charge is -2.08. The number of carboxylic acids is 1. The number of aromatic carboxylic acids is 1. The maximum Gasteiger partial charge on any atom is 0.339 e. The highest BCUT2D eigenvalue weighted by atomic mass is 16.5. The van der Waals surface area contributed by atoms with Gasteiger partial charge in [0, 0.05) is 18.6 Å². The summed E-state index contributed by atoms with van der Waals surface area (Å²) in [7, 11) is 3.38. The largest absolute Gasteiger partial charge is 0.496 e. The van der Waals surface area contributed by atoms with Crippen molar-refractivity contribution in [3.8, 4) is 5.75 Å². The standard InChI is InChI=1S/C15H15N3O3/c1-17-13(11(8-16-17)15(19)20)9-18-7-6-10-12(18)4-3-5-14(10)21-2/h3-8H,9H2,1-2H3,(H,19,20). The fourth-order valence-electron chi connectivity index (χ4n) is 2.50. The molecule has 0 spiro atoms. The summed E-state index contributed by atoms with van der Waals surface area (Å²) in [6, 6.07) is 7.76. The van der Waals surface area contributed by atoms with Crippen molar-refractivity contribution >= 4 is 16.9 Å². The average Bonchev–Trinajstić information content (AvgIpc) is 3.04. The summed E-state index contributed by atoms with van der Waals surface area (Å²) in [5.74, 6) is -0.165. The minimum Gasteiger partial charge on any atom is -0.496 e. The zero-order valence-corrected chi connectivity index (χ0v) is 11.8. The van der Waals surface area contributed by atoms with Gasteiger partial charge in [-0.25, -0.2) is 4.79 Å². The zero-order chi connectivity index (χ0) is 15.0. The van der Waals surface area contributed by atoms with Crippen LogP contribution < -0.4 is 4.74 Å². The molecule has 2 aromatic heterocycles. The Morgan fingerprint density at radius 2 is 2.19 bits per heavy atom. The van der Waals surface area contributed by atoms with Crippen molar-refractivity contribution in [1.82, 2.24) is 14.3 Å². The minimum absolute atomic E-state index is 0.224. The third kappa shape index (κ3) is 2.14. The van der Waals surface area contributed by atoms with E-state index in [4.69, 9.17) is 4.74 Å². The van der Waals surface area contributed by atoms with E-state index in [1.54, 1.807) is 18.8 Å². The van der Waals surface area contributed by atoms with E-state index < -0.39 is 5.97 Å². The number of carboxylic acid groups (broad SMARTS) is 1. The minimum atomic E-state index is -0.966. The maximum atomic E-state index is 11.2. The lowest BCUT2D eigenvalue weighted by atomic mass is 10.2. The van der Waals surface area contributed by atoms with Gasteiger partial charge in [-0.1, -0.05) is 6.07 Å². The lowest BCUT2D eigenvalue weighted by molar-refractivity contribution is 0.0695. The SMILES string of the molecule is COc1cccc2c1ccn2Cc1c(C(=O)O)cnn1C. The van der Waals surface area contributed by atoms with Gasteiger partial charge in [0.1, 0.15) is 11.3 Å². The zero-order valence-electron chi connectivity index (χ0n) is 11.8. The number of carbonyl (C=O) groups is 1. The fourth-order valence-corrected chi connectivity index (χ4v) is 2.50. The van der Waals surface area contributed by atoms with E-state index in [0.29, 0.717) is 12.2 Å².